The number of hydrogen-bond donors (Lipinski definition) is 2. The van der Waals surface area contributed by atoms with E-state index in [1.807, 2.05) is 0 Å². The predicted molar refractivity (Wildman–Crippen MR) is 87.7 cm³/mol. The zero-order valence-corrected chi connectivity index (χ0v) is 13.6. The number of likely N-dealkylation sites (N-methyl/N-ethyl adjacent to an activating group) is 1. The van der Waals surface area contributed by atoms with Crippen molar-refractivity contribution in [3.05, 3.63) is 60.2 Å². The van der Waals surface area contributed by atoms with Gasteiger partial charge in [-0.05, 0) is 29.8 Å². The van der Waals surface area contributed by atoms with Crippen LogP contribution in [0.2, 0.25) is 0 Å². The fraction of sp³-hybridized carbons (Fsp3) is 0.125. The van der Waals surface area contributed by atoms with Crippen LogP contribution in [0.4, 0.5) is 10.5 Å². The topological polar surface area (TPSA) is 95.6 Å². The van der Waals surface area contributed by atoms with Crippen LogP contribution in [0.15, 0.2) is 59.5 Å². The van der Waals surface area contributed by atoms with Crippen LogP contribution in [0.5, 0.6) is 0 Å². The minimum atomic E-state index is -3.72. The first kappa shape index (κ1) is 16.0. The Morgan fingerprint density at radius 2 is 1.75 bits per heavy atom. The van der Waals surface area contributed by atoms with Crippen molar-refractivity contribution in [2.75, 3.05) is 11.8 Å². The summed E-state index contributed by atoms with van der Waals surface area (Å²) in [6.45, 7) is 0. The first-order chi connectivity index (χ1) is 11.4. The number of anilines is 1. The molecule has 1 aliphatic rings. The van der Waals surface area contributed by atoms with Crippen LogP contribution >= 0.6 is 0 Å². The molecule has 0 aliphatic carbocycles. The predicted octanol–water partition coefficient (Wildman–Crippen LogP) is 1.71. The number of nitrogens with zero attached hydrogens (tertiary/aromatic N) is 1. The second kappa shape index (κ2) is 5.97. The quantitative estimate of drug-likeness (QED) is 0.825. The van der Waals surface area contributed by atoms with Gasteiger partial charge in [0.2, 0.25) is 0 Å². The summed E-state index contributed by atoms with van der Waals surface area (Å²) < 4.78 is 27.2. The molecule has 0 saturated carbocycles. The third-order valence-electron chi connectivity index (χ3n) is 3.68. The number of nitrogens with one attached hydrogen (secondary N) is 2. The van der Waals surface area contributed by atoms with E-state index >= 15 is 0 Å². The molecule has 1 fully saturated rings. The van der Waals surface area contributed by atoms with E-state index in [9.17, 15) is 18.0 Å². The molecule has 24 heavy (non-hydrogen) atoms. The fourth-order valence-electron chi connectivity index (χ4n) is 2.40. The second-order valence-corrected chi connectivity index (χ2v) is 7.01. The average Bonchev–Trinajstić information content (AvgIpc) is 2.83. The number of carbonyl (C=O) groups excluding carboxylic acids is 2. The second-order valence-electron chi connectivity index (χ2n) is 5.32. The van der Waals surface area contributed by atoms with Crippen molar-refractivity contribution >= 4 is 27.6 Å². The maximum atomic E-state index is 12.3. The van der Waals surface area contributed by atoms with Gasteiger partial charge in [0.25, 0.3) is 15.9 Å². The molecule has 1 unspecified atom stereocenters. The van der Waals surface area contributed by atoms with Gasteiger partial charge in [-0.1, -0.05) is 30.3 Å². The van der Waals surface area contributed by atoms with Crippen LogP contribution in [0.3, 0.4) is 0 Å². The van der Waals surface area contributed by atoms with Crippen LogP contribution < -0.4 is 10.0 Å². The lowest BCUT2D eigenvalue weighted by Crippen LogP contribution is -2.25. The highest BCUT2D eigenvalue weighted by molar-refractivity contribution is 7.92. The van der Waals surface area contributed by atoms with Gasteiger partial charge >= 0.3 is 6.03 Å². The third-order valence-corrected chi connectivity index (χ3v) is 5.07. The third kappa shape index (κ3) is 2.95. The molecule has 1 heterocycles. The number of benzene rings is 2. The van der Waals surface area contributed by atoms with Crippen LogP contribution in [0, 0.1) is 0 Å². The molecular weight excluding hydrogens is 330 g/mol. The number of imide groups is 1. The lowest BCUT2D eigenvalue weighted by molar-refractivity contribution is -0.126. The Kier molecular flexibility index (Phi) is 3.98. The number of carbonyl (C=O) groups is 2. The van der Waals surface area contributed by atoms with Crippen molar-refractivity contribution in [1.29, 1.82) is 0 Å². The van der Waals surface area contributed by atoms with Crippen LogP contribution in [0.1, 0.15) is 11.6 Å². The Morgan fingerprint density at radius 3 is 2.38 bits per heavy atom. The minimum Gasteiger partial charge on any atom is -0.322 e. The smallest absolute Gasteiger partial charge is 0.322 e. The molecule has 7 nitrogen and oxygen atoms in total. The monoisotopic (exact) mass is 345 g/mol. The molecule has 0 radical (unpaired) electrons. The minimum absolute atomic E-state index is 0.139. The molecule has 2 aromatic carbocycles. The van der Waals surface area contributed by atoms with E-state index in [0.717, 1.165) is 4.90 Å². The average molecular weight is 345 g/mol. The van der Waals surface area contributed by atoms with E-state index in [4.69, 9.17) is 0 Å². The fourth-order valence-corrected chi connectivity index (χ4v) is 3.47. The summed E-state index contributed by atoms with van der Waals surface area (Å²) in [4.78, 5) is 24.7. The maximum absolute atomic E-state index is 12.3. The van der Waals surface area contributed by atoms with E-state index in [1.165, 1.54) is 25.2 Å². The largest absolute Gasteiger partial charge is 0.324 e. The first-order valence-corrected chi connectivity index (χ1v) is 8.63. The molecule has 2 N–H and O–H groups in total. The van der Waals surface area contributed by atoms with Crippen molar-refractivity contribution in [2.24, 2.45) is 0 Å². The summed E-state index contributed by atoms with van der Waals surface area (Å²) >= 11 is 0. The molecule has 2 aromatic rings. The number of urea groups is 1. The van der Waals surface area contributed by atoms with Gasteiger partial charge in [0.15, 0.2) is 0 Å². The molecule has 3 amide bonds. The summed E-state index contributed by atoms with van der Waals surface area (Å²) in [7, 11) is -2.33. The van der Waals surface area contributed by atoms with Gasteiger partial charge < -0.3 is 5.32 Å². The summed E-state index contributed by atoms with van der Waals surface area (Å²) in [6, 6.07) is 13.1. The standard InChI is InChI=1S/C16H15N3O4S/c1-19-15(20)14(17-16(19)21)11-6-5-7-12(10-11)18-24(22,23)13-8-3-2-4-9-13/h2-10,14,18H,1H3,(H,17,21). The molecule has 124 valence electrons. The zero-order chi connectivity index (χ0) is 17.3. The summed E-state index contributed by atoms with van der Waals surface area (Å²) in [5, 5.41) is 2.55. The van der Waals surface area contributed by atoms with Gasteiger partial charge in [-0.15, -0.1) is 0 Å². The summed E-state index contributed by atoms with van der Waals surface area (Å²) in [5.74, 6) is -0.386. The van der Waals surface area contributed by atoms with Crippen LogP contribution in [-0.2, 0) is 14.8 Å². The van der Waals surface area contributed by atoms with E-state index in [2.05, 4.69) is 10.0 Å². The van der Waals surface area contributed by atoms with Crippen LogP contribution in [0.25, 0.3) is 0 Å². The van der Waals surface area contributed by atoms with Crippen LogP contribution in [-0.4, -0.2) is 32.3 Å². The number of rotatable bonds is 4. The van der Waals surface area contributed by atoms with Gasteiger partial charge in [-0.25, -0.2) is 13.2 Å². The zero-order valence-electron chi connectivity index (χ0n) is 12.8. The molecule has 3 rings (SSSR count). The van der Waals surface area contributed by atoms with Crippen molar-refractivity contribution in [1.82, 2.24) is 10.2 Å². The lowest BCUT2D eigenvalue weighted by atomic mass is 10.1. The highest BCUT2D eigenvalue weighted by Crippen LogP contribution is 2.24. The van der Waals surface area contributed by atoms with Gasteiger partial charge in [0, 0.05) is 12.7 Å². The normalized spacial score (nSPS) is 17.7. The van der Waals surface area contributed by atoms with Crippen molar-refractivity contribution < 1.29 is 18.0 Å². The Hall–Kier alpha value is -2.87. The Morgan fingerprint density at radius 1 is 1.04 bits per heavy atom. The van der Waals surface area contributed by atoms with Crippen molar-refractivity contribution in [3.63, 3.8) is 0 Å². The van der Waals surface area contributed by atoms with Crippen molar-refractivity contribution in [3.8, 4) is 0 Å². The number of sulfonamides is 1. The highest BCUT2D eigenvalue weighted by atomic mass is 32.2. The molecule has 0 bridgehead atoms. The lowest BCUT2D eigenvalue weighted by Gasteiger charge is -2.12. The Balaban J connectivity index is 1.87. The molecule has 0 spiro atoms. The van der Waals surface area contributed by atoms with Gasteiger partial charge in [0.1, 0.15) is 6.04 Å². The SMILES string of the molecule is CN1C(=O)NC(c2cccc(NS(=O)(=O)c3ccccc3)c2)C1=O. The first-order valence-electron chi connectivity index (χ1n) is 7.14. The van der Waals surface area contributed by atoms with Gasteiger partial charge in [0.05, 0.1) is 4.90 Å². The van der Waals surface area contributed by atoms with E-state index in [-0.39, 0.29) is 10.8 Å². The molecular formula is C16H15N3O4S. The molecule has 0 aromatic heterocycles. The molecule has 8 heteroatoms. The Labute approximate surface area is 139 Å². The Bertz CT molecular complexity index is 897. The van der Waals surface area contributed by atoms with E-state index in [1.54, 1.807) is 36.4 Å². The van der Waals surface area contributed by atoms with Gasteiger partial charge in [-0.3, -0.25) is 14.4 Å². The summed E-state index contributed by atoms with van der Waals surface area (Å²) in [6.07, 6.45) is 0. The maximum Gasteiger partial charge on any atom is 0.324 e. The van der Waals surface area contributed by atoms with E-state index in [0.29, 0.717) is 11.3 Å². The summed E-state index contributed by atoms with van der Waals surface area (Å²) in [5.41, 5.74) is 0.818. The molecule has 1 saturated heterocycles. The number of hydrogen-bond acceptors (Lipinski definition) is 4. The number of amides is 3. The van der Waals surface area contributed by atoms with Crippen molar-refractivity contribution in [2.45, 2.75) is 10.9 Å². The molecule has 1 aliphatic heterocycles. The van der Waals surface area contributed by atoms with E-state index < -0.39 is 22.1 Å². The van der Waals surface area contributed by atoms with Gasteiger partial charge in [-0.2, -0.15) is 0 Å². The highest BCUT2D eigenvalue weighted by Gasteiger charge is 2.36. The molecule has 1 atom stereocenters.